The topological polar surface area (TPSA) is 69.8 Å². The van der Waals surface area contributed by atoms with Crippen LogP contribution in [0.2, 0.25) is 0 Å². The molecule has 0 aliphatic heterocycles. The van der Waals surface area contributed by atoms with Crippen molar-refractivity contribution in [3.05, 3.63) is 130 Å². The first-order valence-electron chi connectivity index (χ1n) is 11.6. The van der Waals surface area contributed by atoms with Gasteiger partial charge in [-0.05, 0) is 60.7 Å². The minimum Gasteiger partial charge on any atom is -0.294 e. The summed E-state index contributed by atoms with van der Waals surface area (Å²) in [6, 6.07) is 30.3. The zero-order chi connectivity index (χ0) is 24.2. The molecule has 0 amide bonds. The van der Waals surface area contributed by atoms with Crippen molar-refractivity contribution in [2.45, 2.75) is 0 Å². The molecule has 0 bridgehead atoms. The summed E-state index contributed by atoms with van der Waals surface area (Å²) in [4.78, 5) is 36.5. The molecule has 0 saturated carbocycles. The summed E-state index contributed by atoms with van der Waals surface area (Å²) in [7, 11) is 0. The molecule has 170 valence electrons. The Hall–Kier alpha value is -5.10. The average Bonchev–Trinajstić information content (AvgIpc) is 2.94. The van der Waals surface area contributed by atoms with Crippen molar-refractivity contribution in [1.82, 2.24) is 19.1 Å². The quantitative estimate of drug-likeness (QED) is 0.320. The zero-order valence-corrected chi connectivity index (χ0v) is 19.0. The predicted octanol–water partition coefficient (Wildman–Crippen LogP) is 5.39. The Morgan fingerprint density at radius 3 is 1.36 bits per heavy atom. The van der Waals surface area contributed by atoms with Crippen molar-refractivity contribution in [3.63, 3.8) is 0 Å². The first-order chi connectivity index (χ1) is 17.7. The van der Waals surface area contributed by atoms with Crippen molar-refractivity contribution in [3.8, 4) is 11.4 Å². The molecule has 6 heteroatoms. The van der Waals surface area contributed by atoms with Crippen LogP contribution in [0.1, 0.15) is 0 Å². The molecule has 0 fully saturated rings. The molecule has 0 aliphatic carbocycles. The van der Waals surface area contributed by atoms with E-state index in [0.29, 0.717) is 43.9 Å². The molecular formula is C30H18N4O2. The molecule has 0 aliphatic rings. The highest BCUT2D eigenvalue weighted by Gasteiger charge is 2.19. The lowest BCUT2D eigenvalue weighted by molar-refractivity contribution is 1.10. The Bertz CT molecular complexity index is 1930. The molecule has 7 rings (SSSR count). The number of pyridine rings is 4. The van der Waals surface area contributed by atoms with Crippen LogP contribution in [0.4, 0.5) is 0 Å². The van der Waals surface area contributed by atoms with Crippen LogP contribution in [0, 0.1) is 0 Å². The summed E-state index contributed by atoms with van der Waals surface area (Å²) in [5.41, 5.74) is 3.91. The number of aromatic nitrogens is 4. The molecular weight excluding hydrogens is 448 g/mol. The van der Waals surface area contributed by atoms with Crippen molar-refractivity contribution < 1.29 is 0 Å². The molecule has 3 aromatic carbocycles. The summed E-state index contributed by atoms with van der Waals surface area (Å²) in [5.74, 6) is 0. The highest BCUT2D eigenvalue weighted by atomic mass is 16.1. The highest BCUT2D eigenvalue weighted by molar-refractivity contribution is 6.04. The lowest BCUT2D eigenvalue weighted by atomic mass is 10.0. The largest absolute Gasteiger partial charge is 0.294 e. The molecule has 4 heterocycles. The van der Waals surface area contributed by atoms with Gasteiger partial charge in [0.1, 0.15) is 11.3 Å². The molecule has 7 aromatic rings. The third-order valence-electron chi connectivity index (χ3n) is 6.60. The van der Waals surface area contributed by atoms with E-state index in [4.69, 9.17) is 0 Å². The van der Waals surface area contributed by atoms with Crippen LogP contribution in [0.15, 0.2) is 119 Å². The third-order valence-corrected chi connectivity index (χ3v) is 6.60. The van der Waals surface area contributed by atoms with Crippen LogP contribution < -0.4 is 10.9 Å². The average molecular weight is 467 g/mol. The Morgan fingerprint density at radius 2 is 0.917 bits per heavy atom. The molecule has 0 saturated heterocycles. The number of fused-ring (bicyclic) bond motifs is 4. The normalized spacial score (nSPS) is 11.6. The maximum atomic E-state index is 13.7. The Morgan fingerprint density at radius 1 is 0.472 bits per heavy atom. The van der Waals surface area contributed by atoms with Gasteiger partial charge in [0.15, 0.2) is 10.9 Å². The van der Waals surface area contributed by atoms with Gasteiger partial charge in [-0.1, -0.05) is 36.4 Å². The van der Waals surface area contributed by atoms with Crippen LogP contribution in [-0.2, 0) is 0 Å². The van der Waals surface area contributed by atoms with Gasteiger partial charge in [-0.2, -0.15) is 0 Å². The van der Waals surface area contributed by atoms with Crippen LogP contribution in [0.25, 0.3) is 55.2 Å². The monoisotopic (exact) mass is 466 g/mol. The SMILES string of the molecule is O=c1c2cc3c(=O)c4cccnc4n(-c4ccccc4)c3cc2n(-c2ccccc2)c2ncccc12. The van der Waals surface area contributed by atoms with Gasteiger partial charge in [0.05, 0.1) is 21.8 Å². The minimum atomic E-state index is -0.154. The standard InChI is InChI=1S/C30H18N4O2/c35-27-21-13-7-15-31-29(21)33(19-9-3-1-4-10-19)25-18-26-24(17-23(25)27)28(36)22-14-8-16-32-30(22)34(26)20-11-5-2-6-12-20/h1-18H. The lowest BCUT2D eigenvalue weighted by Gasteiger charge is -2.18. The van der Waals surface area contributed by atoms with E-state index < -0.39 is 0 Å². The number of nitrogens with zero attached hydrogens (tertiary/aromatic N) is 4. The van der Waals surface area contributed by atoms with E-state index in [2.05, 4.69) is 9.97 Å². The Labute approximate surface area is 204 Å². The second-order valence-corrected chi connectivity index (χ2v) is 8.64. The van der Waals surface area contributed by atoms with E-state index >= 15 is 0 Å². The van der Waals surface area contributed by atoms with Gasteiger partial charge in [0.2, 0.25) is 0 Å². The first-order valence-corrected chi connectivity index (χ1v) is 11.6. The van der Waals surface area contributed by atoms with E-state index in [1.165, 1.54) is 0 Å². The molecule has 4 aromatic heterocycles. The van der Waals surface area contributed by atoms with Crippen molar-refractivity contribution in [2.75, 3.05) is 0 Å². The maximum Gasteiger partial charge on any atom is 0.198 e. The van der Waals surface area contributed by atoms with E-state index in [-0.39, 0.29) is 10.9 Å². The zero-order valence-electron chi connectivity index (χ0n) is 19.0. The van der Waals surface area contributed by atoms with Crippen LogP contribution >= 0.6 is 0 Å². The number of rotatable bonds is 2. The van der Waals surface area contributed by atoms with Gasteiger partial charge in [-0.15, -0.1) is 0 Å². The van der Waals surface area contributed by atoms with Crippen molar-refractivity contribution >= 4 is 43.9 Å². The summed E-state index contributed by atoms with van der Waals surface area (Å²) >= 11 is 0. The third kappa shape index (κ3) is 2.85. The minimum absolute atomic E-state index is 0.154. The predicted molar refractivity (Wildman–Crippen MR) is 143 cm³/mol. The number of benzene rings is 3. The van der Waals surface area contributed by atoms with E-state index in [9.17, 15) is 9.59 Å². The van der Waals surface area contributed by atoms with Crippen LogP contribution in [0.5, 0.6) is 0 Å². The fourth-order valence-electron chi connectivity index (χ4n) is 5.01. The van der Waals surface area contributed by atoms with Crippen LogP contribution in [-0.4, -0.2) is 19.1 Å². The number of hydrogen-bond acceptors (Lipinski definition) is 4. The molecule has 0 atom stereocenters. The fourth-order valence-corrected chi connectivity index (χ4v) is 5.01. The lowest BCUT2D eigenvalue weighted by Crippen LogP contribution is -2.15. The highest BCUT2D eigenvalue weighted by Crippen LogP contribution is 2.29. The van der Waals surface area contributed by atoms with Gasteiger partial charge in [0, 0.05) is 34.5 Å². The molecule has 0 radical (unpaired) electrons. The molecule has 6 nitrogen and oxygen atoms in total. The summed E-state index contributed by atoms with van der Waals surface area (Å²) in [6.45, 7) is 0. The molecule has 0 unspecified atom stereocenters. The summed E-state index contributed by atoms with van der Waals surface area (Å²) < 4.78 is 3.96. The van der Waals surface area contributed by atoms with E-state index in [0.717, 1.165) is 11.4 Å². The second kappa shape index (κ2) is 7.71. The van der Waals surface area contributed by atoms with Gasteiger partial charge in [0.25, 0.3) is 0 Å². The van der Waals surface area contributed by atoms with Gasteiger partial charge >= 0.3 is 0 Å². The second-order valence-electron chi connectivity index (χ2n) is 8.64. The van der Waals surface area contributed by atoms with Crippen molar-refractivity contribution in [1.29, 1.82) is 0 Å². The van der Waals surface area contributed by atoms with Gasteiger partial charge in [-0.25, -0.2) is 9.97 Å². The Kier molecular flexibility index (Phi) is 4.35. The van der Waals surface area contributed by atoms with Crippen LogP contribution in [0.3, 0.4) is 0 Å². The van der Waals surface area contributed by atoms with Gasteiger partial charge < -0.3 is 0 Å². The molecule has 36 heavy (non-hydrogen) atoms. The van der Waals surface area contributed by atoms with Gasteiger partial charge in [-0.3, -0.25) is 18.7 Å². The molecule has 0 N–H and O–H groups in total. The van der Waals surface area contributed by atoms with E-state index in [1.54, 1.807) is 42.7 Å². The summed E-state index contributed by atoms with van der Waals surface area (Å²) in [5, 5.41) is 1.93. The van der Waals surface area contributed by atoms with Crippen molar-refractivity contribution in [2.24, 2.45) is 0 Å². The smallest absolute Gasteiger partial charge is 0.198 e. The number of para-hydroxylation sites is 2. The molecule has 0 spiro atoms. The number of hydrogen-bond donors (Lipinski definition) is 0. The first kappa shape index (κ1) is 20.3. The fraction of sp³-hybridized carbons (Fsp3) is 0. The maximum absolute atomic E-state index is 13.7. The van der Waals surface area contributed by atoms with E-state index in [1.807, 2.05) is 75.9 Å². The Balaban J connectivity index is 1.78. The summed E-state index contributed by atoms with van der Waals surface area (Å²) in [6.07, 6.45) is 3.37.